The molecule has 2 aromatic carbocycles. The van der Waals surface area contributed by atoms with Gasteiger partial charge in [-0.3, -0.25) is 0 Å². The number of carbonyl (C=O) groups is 2. The fraction of sp³-hybridized carbons (Fsp3) is 0.263. The quantitative estimate of drug-likeness (QED) is 0.553. The van der Waals surface area contributed by atoms with Crippen LogP contribution < -0.4 is 10.1 Å². The van der Waals surface area contributed by atoms with Gasteiger partial charge in [-0.2, -0.15) is 0 Å². The van der Waals surface area contributed by atoms with Gasteiger partial charge in [0.2, 0.25) is 0 Å². The summed E-state index contributed by atoms with van der Waals surface area (Å²) in [5, 5.41) is 31.8. The van der Waals surface area contributed by atoms with Crippen molar-refractivity contribution in [2.45, 2.75) is 18.8 Å². The summed E-state index contributed by atoms with van der Waals surface area (Å²) in [7, 11) is 1.32. The molecule has 0 aliphatic rings. The molecule has 2 aromatic rings. The molecule has 0 heterocycles. The number of amides is 1. The normalized spacial score (nSPS) is 12.7. The highest BCUT2D eigenvalue weighted by molar-refractivity contribution is 5.88. The number of aliphatic hydroxyl groups excluding tert-OH is 2. The highest BCUT2D eigenvalue weighted by Crippen LogP contribution is 2.28. The van der Waals surface area contributed by atoms with E-state index in [2.05, 4.69) is 5.32 Å². The van der Waals surface area contributed by atoms with Crippen LogP contribution in [0.15, 0.2) is 48.5 Å². The van der Waals surface area contributed by atoms with E-state index < -0.39 is 24.3 Å². The van der Waals surface area contributed by atoms with E-state index in [1.807, 2.05) is 18.2 Å². The van der Waals surface area contributed by atoms with Gasteiger partial charge in [-0.05, 0) is 17.7 Å². The lowest BCUT2D eigenvalue weighted by Gasteiger charge is -2.20. The predicted molar refractivity (Wildman–Crippen MR) is 95.5 cm³/mol. The second-order valence-corrected chi connectivity index (χ2v) is 5.72. The molecule has 4 N–H and O–H groups in total. The fourth-order valence-corrected chi connectivity index (χ4v) is 2.37. The van der Waals surface area contributed by atoms with Crippen LogP contribution in [0.5, 0.6) is 5.75 Å². The molecule has 0 bridgehead atoms. The predicted octanol–water partition coefficient (Wildman–Crippen LogP) is 1.71. The van der Waals surface area contributed by atoms with Crippen LogP contribution in [0.2, 0.25) is 0 Å². The van der Waals surface area contributed by atoms with E-state index >= 15 is 0 Å². The summed E-state index contributed by atoms with van der Waals surface area (Å²) in [6, 6.07) is 13.0. The van der Waals surface area contributed by atoms with Crippen LogP contribution in [0.1, 0.15) is 27.6 Å². The van der Waals surface area contributed by atoms with Gasteiger partial charge in [0.25, 0.3) is 0 Å². The minimum Gasteiger partial charge on any atom is -0.496 e. The molecule has 0 aliphatic carbocycles. The number of carbonyl (C=O) groups excluding carboxylic acids is 1. The third-order valence-electron chi connectivity index (χ3n) is 3.83. The van der Waals surface area contributed by atoms with E-state index in [-0.39, 0.29) is 30.0 Å². The minimum atomic E-state index is -1.39. The summed E-state index contributed by atoms with van der Waals surface area (Å²) in [4.78, 5) is 22.7. The number of carboxylic acid groups (broad SMARTS) is 1. The topological polar surface area (TPSA) is 125 Å². The molecule has 2 atom stereocenters. The molecule has 0 spiro atoms. The molecule has 0 radical (unpaired) electrons. The number of hydrogen-bond donors (Lipinski definition) is 4. The lowest BCUT2D eigenvalue weighted by molar-refractivity contribution is 0.0171. The molecule has 27 heavy (non-hydrogen) atoms. The first-order valence-corrected chi connectivity index (χ1v) is 8.14. The van der Waals surface area contributed by atoms with Gasteiger partial charge in [-0.1, -0.05) is 36.4 Å². The maximum absolute atomic E-state index is 11.7. The zero-order valence-corrected chi connectivity index (χ0v) is 14.7. The van der Waals surface area contributed by atoms with E-state index in [1.165, 1.54) is 25.3 Å². The maximum Gasteiger partial charge on any atom is 0.407 e. The molecule has 2 unspecified atom stereocenters. The van der Waals surface area contributed by atoms with Crippen molar-refractivity contribution in [3.63, 3.8) is 0 Å². The Hall–Kier alpha value is -3.10. The van der Waals surface area contributed by atoms with Gasteiger partial charge in [0.05, 0.1) is 12.7 Å². The number of benzene rings is 2. The molecule has 2 rings (SSSR count). The van der Waals surface area contributed by atoms with Crippen molar-refractivity contribution in [1.29, 1.82) is 0 Å². The van der Waals surface area contributed by atoms with Crippen LogP contribution in [0.25, 0.3) is 0 Å². The largest absolute Gasteiger partial charge is 0.496 e. The number of alkyl carbamates (subject to hydrolysis) is 1. The van der Waals surface area contributed by atoms with Crippen molar-refractivity contribution in [3.8, 4) is 5.75 Å². The first-order chi connectivity index (χ1) is 12.9. The fourth-order valence-electron chi connectivity index (χ4n) is 2.37. The van der Waals surface area contributed by atoms with E-state index in [0.29, 0.717) is 0 Å². The number of aliphatic hydroxyl groups is 2. The highest BCUT2D eigenvalue weighted by atomic mass is 16.5. The standard InChI is InChI=1S/C19H21NO7/c1-26-16-9-13(18(23)24)7-8-14(16)17(22)15(21)10-20-19(25)27-11-12-5-3-2-4-6-12/h2-9,15,17,21-22H,10-11H2,1H3,(H,20,25)(H,23,24). The zero-order valence-electron chi connectivity index (χ0n) is 14.7. The Labute approximate surface area is 156 Å². The van der Waals surface area contributed by atoms with Crippen molar-refractivity contribution < 1.29 is 34.4 Å². The number of aromatic carboxylic acids is 1. The summed E-state index contributed by atoms with van der Waals surface area (Å²) < 4.78 is 10.1. The minimum absolute atomic E-state index is 0.0140. The Morgan fingerprint density at radius 2 is 1.81 bits per heavy atom. The molecule has 0 fully saturated rings. The number of methoxy groups -OCH3 is 1. The molecule has 0 saturated carbocycles. The summed E-state index contributed by atoms with van der Waals surface area (Å²) in [5.41, 5.74) is 1.01. The monoisotopic (exact) mass is 375 g/mol. The Morgan fingerprint density at radius 1 is 1.11 bits per heavy atom. The van der Waals surface area contributed by atoms with Gasteiger partial charge in [0.15, 0.2) is 0 Å². The maximum atomic E-state index is 11.7. The molecule has 144 valence electrons. The van der Waals surface area contributed by atoms with E-state index in [0.717, 1.165) is 5.56 Å². The van der Waals surface area contributed by atoms with E-state index in [4.69, 9.17) is 14.6 Å². The Morgan fingerprint density at radius 3 is 2.44 bits per heavy atom. The van der Waals surface area contributed by atoms with Crippen molar-refractivity contribution in [1.82, 2.24) is 5.32 Å². The SMILES string of the molecule is COc1cc(C(=O)O)ccc1C(O)C(O)CNC(=O)OCc1ccccc1. The number of rotatable bonds is 8. The van der Waals surface area contributed by atoms with Gasteiger partial charge in [0.1, 0.15) is 24.6 Å². The number of ether oxygens (including phenoxy) is 2. The first kappa shape index (κ1) is 20.2. The van der Waals surface area contributed by atoms with Gasteiger partial charge in [-0.15, -0.1) is 0 Å². The smallest absolute Gasteiger partial charge is 0.407 e. The van der Waals surface area contributed by atoms with Crippen LogP contribution in [-0.2, 0) is 11.3 Å². The highest BCUT2D eigenvalue weighted by Gasteiger charge is 2.23. The molecule has 8 heteroatoms. The van der Waals surface area contributed by atoms with E-state index in [9.17, 15) is 19.8 Å². The van der Waals surface area contributed by atoms with Gasteiger partial charge in [-0.25, -0.2) is 9.59 Å². The second kappa shape index (κ2) is 9.56. The summed E-state index contributed by atoms with van der Waals surface area (Å²) in [6.07, 6.45) is -3.48. The molecule has 1 amide bonds. The van der Waals surface area contributed by atoms with Crippen LogP contribution in [0.3, 0.4) is 0 Å². The van der Waals surface area contributed by atoms with Gasteiger partial charge in [0, 0.05) is 12.1 Å². The lowest BCUT2D eigenvalue weighted by atomic mass is 10.0. The number of hydrogen-bond acceptors (Lipinski definition) is 6. The average Bonchev–Trinajstić information content (AvgIpc) is 2.70. The van der Waals surface area contributed by atoms with Gasteiger partial charge < -0.3 is 30.1 Å². The summed E-state index contributed by atoms with van der Waals surface area (Å²) >= 11 is 0. The van der Waals surface area contributed by atoms with Crippen molar-refractivity contribution in [2.75, 3.05) is 13.7 Å². The lowest BCUT2D eigenvalue weighted by Crippen LogP contribution is -2.35. The Balaban J connectivity index is 1.90. The number of nitrogens with one attached hydrogen (secondary N) is 1. The molecule has 0 aromatic heterocycles. The van der Waals surface area contributed by atoms with Crippen molar-refractivity contribution in [3.05, 3.63) is 65.2 Å². The number of carboxylic acids is 1. The van der Waals surface area contributed by atoms with Crippen molar-refractivity contribution >= 4 is 12.1 Å². The van der Waals surface area contributed by atoms with Crippen LogP contribution >= 0.6 is 0 Å². The molecular weight excluding hydrogens is 354 g/mol. The molecule has 8 nitrogen and oxygen atoms in total. The third-order valence-corrected chi connectivity index (χ3v) is 3.83. The Kier molecular flexibility index (Phi) is 7.16. The first-order valence-electron chi connectivity index (χ1n) is 8.14. The molecule has 0 saturated heterocycles. The van der Waals surface area contributed by atoms with Crippen LogP contribution in [0, 0.1) is 0 Å². The molecule has 0 aliphatic heterocycles. The van der Waals surface area contributed by atoms with Gasteiger partial charge >= 0.3 is 12.1 Å². The third kappa shape index (κ3) is 5.70. The summed E-state index contributed by atoms with van der Waals surface area (Å²) in [5.74, 6) is -1.02. The van der Waals surface area contributed by atoms with Crippen LogP contribution in [-0.4, -0.2) is 47.1 Å². The molecular formula is C19H21NO7. The Bertz CT molecular complexity index is 779. The van der Waals surface area contributed by atoms with Crippen LogP contribution in [0.4, 0.5) is 4.79 Å². The summed E-state index contributed by atoms with van der Waals surface area (Å²) in [6.45, 7) is -0.186. The van der Waals surface area contributed by atoms with E-state index in [1.54, 1.807) is 12.1 Å². The average molecular weight is 375 g/mol. The van der Waals surface area contributed by atoms with Crippen molar-refractivity contribution in [2.24, 2.45) is 0 Å². The zero-order chi connectivity index (χ0) is 19.8. The second-order valence-electron chi connectivity index (χ2n) is 5.72.